The monoisotopic (exact) mass is 361 g/mol. The van der Waals surface area contributed by atoms with Gasteiger partial charge in [0.2, 0.25) is 5.89 Å². The summed E-state index contributed by atoms with van der Waals surface area (Å²) in [4.78, 5) is 2.71. The van der Waals surface area contributed by atoms with Gasteiger partial charge in [-0.3, -0.25) is 4.90 Å². The number of rotatable bonds is 6. The van der Waals surface area contributed by atoms with Crippen molar-refractivity contribution in [2.45, 2.75) is 39.8 Å². The second-order valence-electron chi connectivity index (χ2n) is 7.14. The van der Waals surface area contributed by atoms with Crippen LogP contribution in [-0.4, -0.2) is 41.0 Å². The molecule has 1 aromatic heterocycles. The van der Waals surface area contributed by atoms with Crippen LogP contribution in [0.5, 0.6) is 0 Å². The third-order valence-electron chi connectivity index (χ3n) is 4.55. The highest BCUT2D eigenvalue weighted by Crippen LogP contribution is 2.24. The van der Waals surface area contributed by atoms with Crippen LogP contribution < -0.4 is 0 Å². The van der Waals surface area contributed by atoms with Gasteiger partial charge in [0.1, 0.15) is 0 Å². The van der Waals surface area contributed by atoms with Gasteiger partial charge < -0.3 is 9.15 Å². The van der Waals surface area contributed by atoms with E-state index >= 15 is 0 Å². The topological polar surface area (TPSA) is 43.4 Å². The highest BCUT2D eigenvalue weighted by molar-refractivity contribution is 7.71. The van der Waals surface area contributed by atoms with Gasteiger partial charge in [0, 0.05) is 13.1 Å². The van der Waals surface area contributed by atoms with Gasteiger partial charge in [-0.2, -0.15) is 0 Å². The van der Waals surface area contributed by atoms with Crippen LogP contribution >= 0.6 is 12.2 Å². The van der Waals surface area contributed by atoms with Gasteiger partial charge in [-0.25, -0.2) is 4.68 Å². The molecule has 6 heteroatoms. The van der Waals surface area contributed by atoms with Gasteiger partial charge in [0.15, 0.2) is 0 Å². The largest absolute Gasteiger partial charge is 0.413 e. The van der Waals surface area contributed by atoms with Crippen molar-refractivity contribution in [1.82, 2.24) is 14.7 Å². The fourth-order valence-electron chi connectivity index (χ4n) is 3.08. The van der Waals surface area contributed by atoms with E-state index in [0.717, 1.165) is 32.7 Å². The summed E-state index contributed by atoms with van der Waals surface area (Å²) in [5.74, 6) is 1.42. The molecule has 0 bridgehead atoms. The van der Waals surface area contributed by atoms with Crippen molar-refractivity contribution in [3.8, 4) is 0 Å². The smallest absolute Gasteiger partial charge is 0.288 e. The molecule has 0 saturated carbocycles. The van der Waals surface area contributed by atoms with Gasteiger partial charge >= 0.3 is 0 Å². The zero-order chi connectivity index (χ0) is 17.8. The summed E-state index contributed by atoms with van der Waals surface area (Å²) in [6.07, 6.45) is 1.10. The average molecular weight is 362 g/mol. The Morgan fingerprint density at radius 1 is 1.12 bits per heavy atom. The maximum absolute atomic E-state index is 5.78. The normalized spacial score (nSPS) is 17.1. The SMILES string of the molecule is CC(C)Cc1ccc(C(C)c2nn(CN3CCOCC3)c(=S)o2)cc1. The second-order valence-corrected chi connectivity index (χ2v) is 7.49. The number of hydrogen-bond acceptors (Lipinski definition) is 5. The molecule has 0 aliphatic carbocycles. The molecule has 1 aliphatic heterocycles. The minimum Gasteiger partial charge on any atom is -0.413 e. The molecule has 1 aliphatic rings. The third-order valence-corrected chi connectivity index (χ3v) is 4.85. The number of hydrogen-bond donors (Lipinski definition) is 0. The predicted molar refractivity (Wildman–Crippen MR) is 100 cm³/mol. The average Bonchev–Trinajstić information content (AvgIpc) is 2.96. The van der Waals surface area contributed by atoms with Crippen LogP contribution in [0.4, 0.5) is 0 Å². The van der Waals surface area contributed by atoms with E-state index in [0.29, 0.717) is 23.3 Å². The molecule has 136 valence electrons. The first-order chi connectivity index (χ1) is 12.0. The molecule has 1 saturated heterocycles. The third kappa shape index (κ3) is 4.77. The molecule has 25 heavy (non-hydrogen) atoms. The molecule has 0 spiro atoms. The van der Waals surface area contributed by atoms with E-state index in [1.54, 1.807) is 4.68 Å². The maximum atomic E-state index is 5.78. The van der Waals surface area contributed by atoms with Gasteiger partial charge in [0.25, 0.3) is 4.84 Å². The predicted octanol–water partition coefficient (Wildman–Crippen LogP) is 3.85. The van der Waals surface area contributed by atoms with Crippen LogP contribution in [0, 0.1) is 10.8 Å². The first kappa shape index (κ1) is 18.3. The second kappa shape index (κ2) is 8.25. The lowest BCUT2D eigenvalue weighted by molar-refractivity contribution is 0.0206. The van der Waals surface area contributed by atoms with Crippen LogP contribution in [0.3, 0.4) is 0 Å². The Morgan fingerprint density at radius 2 is 1.80 bits per heavy atom. The molecular formula is C19H27N3O2S. The summed E-state index contributed by atoms with van der Waals surface area (Å²) in [6.45, 7) is 10.6. The Labute approximate surface area is 154 Å². The lowest BCUT2D eigenvalue weighted by atomic mass is 9.97. The summed E-state index contributed by atoms with van der Waals surface area (Å²) in [5, 5.41) is 4.61. The Morgan fingerprint density at radius 3 is 2.44 bits per heavy atom. The first-order valence-electron chi connectivity index (χ1n) is 8.99. The lowest BCUT2D eigenvalue weighted by Gasteiger charge is -2.25. The summed E-state index contributed by atoms with van der Waals surface area (Å²) >= 11 is 5.35. The molecule has 1 aromatic carbocycles. The van der Waals surface area contributed by atoms with Crippen LogP contribution in [0.25, 0.3) is 0 Å². The zero-order valence-corrected chi connectivity index (χ0v) is 16.1. The van der Waals surface area contributed by atoms with Crippen LogP contribution in [0.15, 0.2) is 28.7 Å². The Hall–Kier alpha value is -1.50. The first-order valence-corrected chi connectivity index (χ1v) is 9.40. The van der Waals surface area contributed by atoms with Crippen molar-refractivity contribution < 1.29 is 9.15 Å². The number of nitrogens with zero attached hydrogens (tertiary/aromatic N) is 3. The Balaban J connectivity index is 1.70. The molecule has 1 fully saturated rings. The summed E-state index contributed by atoms with van der Waals surface area (Å²) < 4.78 is 12.9. The summed E-state index contributed by atoms with van der Waals surface area (Å²) in [7, 11) is 0. The number of benzene rings is 1. The number of ether oxygens (including phenoxy) is 1. The molecule has 0 amide bonds. The van der Waals surface area contributed by atoms with Crippen molar-refractivity contribution in [2.24, 2.45) is 5.92 Å². The van der Waals surface area contributed by atoms with Crippen molar-refractivity contribution >= 4 is 12.2 Å². The highest BCUT2D eigenvalue weighted by Gasteiger charge is 2.18. The fourth-order valence-corrected chi connectivity index (χ4v) is 3.26. The van der Waals surface area contributed by atoms with Crippen molar-refractivity contribution in [1.29, 1.82) is 0 Å². The summed E-state index contributed by atoms with van der Waals surface area (Å²) in [5.41, 5.74) is 2.56. The van der Waals surface area contributed by atoms with E-state index in [1.165, 1.54) is 11.1 Å². The van der Waals surface area contributed by atoms with Gasteiger partial charge in [0.05, 0.1) is 25.8 Å². The molecule has 0 N–H and O–H groups in total. The van der Waals surface area contributed by atoms with Crippen molar-refractivity contribution in [2.75, 3.05) is 26.3 Å². The molecule has 1 unspecified atom stereocenters. The number of aromatic nitrogens is 2. The van der Waals surface area contributed by atoms with Crippen molar-refractivity contribution in [3.05, 3.63) is 46.1 Å². The quantitative estimate of drug-likeness (QED) is 0.731. The fraction of sp³-hybridized carbons (Fsp3) is 0.579. The van der Waals surface area contributed by atoms with E-state index in [2.05, 4.69) is 55.0 Å². The maximum Gasteiger partial charge on any atom is 0.288 e. The molecular weight excluding hydrogens is 334 g/mol. The minimum absolute atomic E-state index is 0.0840. The standard InChI is InChI=1S/C19H27N3O2S/c1-14(2)12-16-4-6-17(7-5-16)15(3)18-20-22(19(25)24-18)13-21-8-10-23-11-9-21/h4-7,14-15H,8-13H2,1-3H3. The van der Waals surface area contributed by atoms with E-state index in [-0.39, 0.29) is 5.92 Å². The molecule has 0 radical (unpaired) electrons. The molecule has 2 heterocycles. The van der Waals surface area contributed by atoms with Gasteiger partial charge in [-0.15, -0.1) is 5.10 Å². The van der Waals surface area contributed by atoms with Crippen LogP contribution in [0.2, 0.25) is 0 Å². The zero-order valence-electron chi connectivity index (χ0n) is 15.3. The Bertz CT molecular complexity index is 730. The van der Waals surface area contributed by atoms with E-state index in [9.17, 15) is 0 Å². The molecule has 3 rings (SSSR count). The molecule has 5 nitrogen and oxygen atoms in total. The minimum atomic E-state index is 0.0840. The van der Waals surface area contributed by atoms with Crippen LogP contribution in [-0.2, 0) is 17.8 Å². The van der Waals surface area contributed by atoms with Crippen LogP contribution in [0.1, 0.15) is 43.7 Å². The lowest BCUT2D eigenvalue weighted by Crippen LogP contribution is -2.37. The van der Waals surface area contributed by atoms with E-state index in [1.807, 2.05) is 0 Å². The molecule has 1 atom stereocenters. The van der Waals surface area contributed by atoms with Gasteiger partial charge in [-0.05, 0) is 42.6 Å². The Kier molecular flexibility index (Phi) is 6.04. The van der Waals surface area contributed by atoms with E-state index < -0.39 is 0 Å². The summed E-state index contributed by atoms with van der Waals surface area (Å²) in [6, 6.07) is 8.74. The molecule has 2 aromatic rings. The van der Waals surface area contributed by atoms with E-state index in [4.69, 9.17) is 21.4 Å². The van der Waals surface area contributed by atoms with Gasteiger partial charge in [-0.1, -0.05) is 38.1 Å². The van der Waals surface area contributed by atoms with Crippen molar-refractivity contribution in [3.63, 3.8) is 0 Å². The highest BCUT2D eigenvalue weighted by atomic mass is 32.1. The number of morpholine rings is 1.